The molecule has 0 saturated carbocycles. The first kappa shape index (κ1) is 27.5. The van der Waals surface area contributed by atoms with Gasteiger partial charge in [0.2, 0.25) is 0 Å². The number of nitrogens with one attached hydrogen (secondary N) is 2. The highest BCUT2D eigenvalue weighted by Gasteiger charge is 2.36. The summed E-state index contributed by atoms with van der Waals surface area (Å²) < 4.78 is 17.6. The third kappa shape index (κ3) is 6.29. The van der Waals surface area contributed by atoms with E-state index in [1.54, 1.807) is 13.3 Å². The Morgan fingerprint density at radius 1 is 0.947 bits per heavy atom. The van der Waals surface area contributed by atoms with Gasteiger partial charge < -0.3 is 24.2 Å². The Morgan fingerprint density at radius 3 is 2.42 bits per heavy atom. The van der Waals surface area contributed by atoms with Crippen molar-refractivity contribution in [3.8, 4) is 11.5 Å². The molecular weight excluding hydrogens is 492 g/mol. The maximum atomic E-state index is 13.9. The molecule has 7 heteroatoms. The number of rotatable bonds is 11. The lowest BCUT2D eigenvalue weighted by molar-refractivity contribution is 0.0971. The molecule has 0 fully saturated rings. The summed E-state index contributed by atoms with van der Waals surface area (Å²) in [6, 6.07) is 22.6. The monoisotopic (exact) mass is 530 g/mol. The molecule has 1 atom stereocenters. The molecule has 0 aliphatic carbocycles. The Hall–Kier alpha value is -3.55. The minimum absolute atomic E-state index is 0.0262. The molecule has 0 bridgehead atoms. The molecule has 0 amide bonds. The average Bonchev–Trinajstić information content (AvgIpc) is 3.33. The van der Waals surface area contributed by atoms with Crippen LogP contribution in [0.5, 0.6) is 11.5 Å². The van der Waals surface area contributed by atoms with Crippen LogP contribution in [0.4, 0.5) is 5.69 Å². The molecule has 4 rings (SSSR count). The predicted octanol–water partition coefficient (Wildman–Crippen LogP) is 7.61. The van der Waals surface area contributed by atoms with Crippen molar-refractivity contribution in [3.63, 3.8) is 0 Å². The van der Waals surface area contributed by atoms with Crippen molar-refractivity contribution < 1.29 is 18.7 Å². The molecule has 0 aliphatic rings. The van der Waals surface area contributed by atoms with Crippen LogP contribution in [0.25, 0.3) is 10.9 Å². The second-order valence-electron chi connectivity index (χ2n) is 11.0. The molecule has 0 spiro atoms. The Balaban J connectivity index is 1.51. The number of anilines is 1. The van der Waals surface area contributed by atoms with E-state index in [-0.39, 0.29) is 10.8 Å². The first-order chi connectivity index (χ1) is 18.1. The topological polar surface area (TPSA) is 72.6 Å². The molecule has 0 aliphatic heterocycles. The van der Waals surface area contributed by atoms with Gasteiger partial charge in [-0.3, -0.25) is 4.79 Å². The van der Waals surface area contributed by atoms with Crippen LogP contribution in [0.15, 0.2) is 79.0 Å². The van der Waals surface area contributed by atoms with E-state index in [1.807, 2.05) is 72.8 Å². The number of aromatic amines is 1. The van der Waals surface area contributed by atoms with Crippen LogP contribution in [0.2, 0.25) is 18.1 Å². The van der Waals surface area contributed by atoms with Crippen LogP contribution in [0.1, 0.15) is 42.7 Å². The van der Waals surface area contributed by atoms with Crippen molar-refractivity contribution in [1.82, 2.24) is 4.98 Å². The molecule has 1 aromatic heterocycles. The van der Waals surface area contributed by atoms with Crippen molar-refractivity contribution in [3.05, 3.63) is 90.1 Å². The van der Waals surface area contributed by atoms with E-state index < -0.39 is 14.4 Å². The van der Waals surface area contributed by atoms with E-state index in [0.29, 0.717) is 18.8 Å². The van der Waals surface area contributed by atoms with E-state index in [0.717, 1.165) is 33.7 Å². The number of Topliss-reactive ketones (excluding diaryl/α,β-unsaturated/α-hetero) is 1. The van der Waals surface area contributed by atoms with E-state index in [9.17, 15) is 4.79 Å². The van der Waals surface area contributed by atoms with Crippen LogP contribution >= 0.6 is 0 Å². The van der Waals surface area contributed by atoms with Crippen molar-refractivity contribution >= 4 is 30.7 Å². The summed E-state index contributed by atoms with van der Waals surface area (Å²) in [5, 5.41) is 4.43. The van der Waals surface area contributed by atoms with E-state index in [2.05, 4.69) is 44.2 Å². The SMILES string of the molecule is COc1cccc(NC(C(=O)c2c[nH]c3cc(OCCO[Si](C)(C)C(C)(C)C)ccc23)c2ccccc2)c1. The standard InChI is InChI=1S/C31H38N2O4Si/c1-31(2,3)38(5,6)37-18-17-36-25-15-16-26-27(21-32-28(26)20-25)30(34)29(22-11-8-7-9-12-22)33-23-13-10-14-24(19-23)35-4/h7-16,19-21,29,32-33H,17-18H2,1-6H3. The lowest BCUT2D eigenvalue weighted by Gasteiger charge is -2.36. The van der Waals surface area contributed by atoms with Gasteiger partial charge in [-0.05, 0) is 48.0 Å². The summed E-state index contributed by atoms with van der Waals surface area (Å²) in [7, 11) is -0.176. The number of hydrogen-bond acceptors (Lipinski definition) is 5. The molecule has 1 heterocycles. The zero-order chi connectivity index (χ0) is 27.3. The molecular formula is C31H38N2O4Si. The quantitative estimate of drug-likeness (QED) is 0.119. The fourth-order valence-corrected chi connectivity index (χ4v) is 5.08. The highest BCUT2D eigenvalue weighted by atomic mass is 28.4. The van der Waals surface area contributed by atoms with E-state index in [1.165, 1.54) is 0 Å². The van der Waals surface area contributed by atoms with Gasteiger partial charge in [0.15, 0.2) is 14.1 Å². The number of ether oxygens (including phenoxy) is 2. The van der Waals surface area contributed by atoms with Crippen molar-refractivity contribution in [1.29, 1.82) is 0 Å². The summed E-state index contributed by atoms with van der Waals surface area (Å²) in [5.41, 5.74) is 3.17. The summed E-state index contributed by atoms with van der Waals surface area (Å²) in [4.78, 5) is 17.2. The normalized spacial score (nSPS) is 12.8. The Bertz CT molecular complexity index is 1380. The van der Waals surface area contributed by atoms with Gasteiger partial charge in [0.05, 0.1) is 13.7 Å². The largest absolute Gasteiger partial charge is 0.497 e. The predicted molar refractivity (Wildman–Crippen MR) is 157 cm³/mol. The molecule has 4 aromatic rings. The summed E-state index contributed by atoms with van der Waals surface area (Å²) in [6.07, 6.45) is 1.78. The number of H-pyrrole nitrogens is 1. The molecule has 0 saturated heterocycles. The second kappa shape index (κ2) is 11.5. The fraction of sp³-hybridized carbons (Fsp3) is 0.323. The first-order valence-electron chi connectivity index (χ1n) is 13.0. The zero-order valence-corrected chi connectivity index (χ0v) is 24.1. The smallest absolute Gasteiger partial charge is 0.192 e. The third-order valence-corrected chi connectivity index (χ3v) is 11.9. The summed E-state index contributed by atoms with van der Waals surface area (Å²) >= 11 is 0. The maximum absolute atomic E-state index is 13.9. The van der Waals surface area contributed by atoms with Gasteiger partial charge in [-0.1, -0.05) is 57.2 Å². The average molecular weight is 531 g/mol. The molecule has 1 unspecified atom stereocenters. The Labute approximate surface area is 226 Å². The summed E-state index contributed by atoms with van der Waals surface area (Å²) in [5.74, 6) is 1.44. The number of hydrogen-bond donors (Lipinski definition) is 2. The molecule has 6 nitrogen and oxygen atoms in total. The van der Waals surface area contributed by atoms with Gasteiger partial charge in [0.25, 0.3) is 0 Å². The number of carbonyl (C=O) groups excluding carboxylic acids is 1. The minimum Gasteiger partial charge on any atom is -0.497 e. The van der Waals surface area contributed by atoms with Crippen LogP contribution < -0.4 is 14.8 Å². The van der Waals surface area contributed by atoms with Crippen molar-refractivity contribution in [2.75, 3.05) is 25.6 Å². The van der Waals surface area contributed by atoms with E-state index >= 15 is 0 Å². The van der Waals surface area contributed by atoms with Crippen LogP contribution in [-0.2, 0) is 4.43 Å². The number of benzene rings is 3. The lowest BCUT2D eigenvalue weighted by Crippen LogP contribution is -2.41. The number of aromatic nitrogens is 1. The van der Waals surface area contributed by atoms with Gasteiger partial charge in [-0.2, -0.15) is 0 Å². The maximum Gasteiger partial charge on any atom is 0.192 e. The molecule has 0 radical (unpaired) electrons. The van der Waals surface area contributed by atoms with Gasteiger partial charge in [-0.15, -0.1) is 0 Å². The van der Waals surface area contributed by atoms with Crippen LogP contribution in [0, 0.1) is 0 Å². The van der Waals surface area contributed by atoms with Gasteiger partial charge in [0, 0.05) is 40.5 Å². The molecule has 38 heavy (non-hydrogen) atoms. The van der Waals surface area contributed by atoms with Crippen LogP contribution in [0.3, 0.4) is 0 Å². The molecule has 3 aromatic carbocycles. The minimum atomic E-state index is -1.81. The Kier molecular flexibility index (Phi) is 8.28. The molecule has 2 N–H and O–H groups in total. The van der Waals surface area contributed by atoms with Crippen LogP contribution in [-0.4, -0.2) is 39.4 Å². The highest BCUT2D eigenvalue weighted by molar-refractivity contribution is 6.74. The third-order valence-electron chi connectivity index (χ3n) is 7.32. The Morgan fingerprint density at radius 2 is 1.71 bits per heavy atom. The van der Waals surface area contributed by atoms with E-state index in [4.69, 9.17) is 13.9 Å². The molecule has 200 valence electrons. The van der Waals surface area contributed by atoms with Gasteiger partial charge in [0.1, 0.15) is 24.1 Å². The zero-order valence-electron chi connectivity index (χ0n) is 23.1. The first-order valence-corrected chi connectivity index (χ1v) is 15.9. The van der Waals surface area contributed by atoms with Crippen molar-refractivity contribution in [2.24, 2.45) is 0 Å². The van der Waals surface area contributed by atoms with Crippen molar-refractivity contribution in [2.45, 2.75) is 44.9 Å². The highest BCUT2D eigenvalue weighted by Crippen LogP contribution is 2.36. The number of methoxy groups -OCH3 is 1. The number of fused-ring (bicyclic) bond motifs is 1. The van der Waals surface area contributed by atoms with Gasteiger partial charge in [-0.25, -0.2) is 0 Å². The summed E-state index contributed by atoms with van der Waals surface area (Å²) in [6.45, 7) is 12.2. The number of ketones is 1. The lowest BCUT2D eigenvalue weighted by atomic mass is 9.96. The van der Waals surface area contributed by atoms with Gasteiger partial charge >= 0.3 is 0 Å². The second-order valence-corrected chi connectivity index (χ2v) is 15.8. The number of carbonyl (C=O) groups is 1. The fourth-order valence-electron chi connectivity index (χ4n) is 4.05.